The van der Waals surface area contributed by atoms with E-state index in [1.54, 1.807) is 48.0 Å². The maximum absolute atomic E-state index is 13.0. The first-order valence-corrected chi connectivity index (χ1v) is 10.8. The Labute approximate surface area is 176 Å². The van der Waals surface area contributed by atoms with Crippen molar-refractivity contribution in [2.45, 2.75) is 0 Å². The number of aromatic nitrogens is 1. The number of para-hydroxylation sites is 1. The molecule has 0 aliphatic carbocycles. The molecule has 5 nitrogen and oxygen atoms in total. The Bertz CT molecular complexity index is 1050. The molecule has 1 aliphatic rings. The van der Waals surface area contributed by atoms with E-state index in [1.807, 2.05) is 23.6 Å². The monoisotopic (exact) mass is 427 g/mol. The fraction of sp³-hybridized carbons (Fsp3) is 0.143. The van der Waals surface area contributed by atoms with E-state index < -0.39 is 0 Å². The predicted molar refractivity (Wildman–Crippen MR) is 116 cm³/mol. The minimum absolute atomic E-state index is 0.0846. The zero-order valence-corrected chi connectivity index (χ0v) is 17.2. The van der Waals surface area contributed by atoms with E-state index in [9.17, 15) is 9.18 Å². The molecular weight excluding hydrogens is 409 g/mol. The summed E-state index contributed by atoms with van der Waals surface area (Å²) in [7, 11) is 1.56. The zero-order valence-electron chi connectivity index (χ0n) is 15.6. The number of benzene rings is 2. The third-order valence-corrected chi connectivity index (χ3v) is 6.10. The quantitative estimate of drug-likeness (QED) is 0.605. The van der Waals surface area contributed by atoms with Crippen LogP contribution in [0.15, 0.2) is 58.9 Å². The molecule has 0 spiro atoms. The van der Waals surface area contributed by atoms with Gasteiger partial charge in [-0.05, 0) is 42.5 Å². The molecule has 0 bridgehead atoms. The Hall–Kier alpha value is -2.84. The fourth-order valence-corrected chi connectivity index (χ4v) is 4.62. The lowest BCUT2D eigenvalue weighted by molar-refractivity contribution is 0.0827. The zero-order chi connectivity index (χ0) is 20.2. The van der Waals surface area contributed by atoms with Crippen LogP contribution in [-0.2, 0) is 0 Å². The van der Waals surface area contributed by atoms with Crippen LogP contribution in [0.3, 0.4) is 0 Å². The summed E-state index contributed by atoms with van der Waals surface area (Å²) in [5.41, 5.74) is 2.07. The molecule has 1 saturated heterocycles. The topological polar surface area (TPSA) is 54.5 Å². The molecule has 4 rings (SSSR count). The molecule has 1 aromatic heterocycles. The van der Waals surface area contributed by atoms with E-state index in [0.29, 0.717) is 23.0 Å². The Kier molecular flexibility index (Phi) is 5.82. The van der Waals surface area contributed by atoms with Gasteiger partial charge >= 0.3 is 0 Å². The molecule has 1 N–H and O–H groups in total. The largest absolute Gasteiger partial charge is 0.496 e. The van der Waals surface area contributed by atoms with Crippen LogP contribution in [-0.4, -0.2) is 35.2 Å². The summed E-state index contributed by atoms with van der Waals surface area (Å²) < 4.78 is 18.4. The number of hydrogen-bond donors (Lipinski definition) is 1. The first-order chi connectivity index (χ1) is 14.1. The van der Waals surface area contributed by atoms with E-state index in [2.05, 4.69) is 10.3 Å². The van der Waals surface area contributed by atoms with Crippen LogP contribution in [0.2, 0.25) is 0 Å². The Morgan fingerprint density at radius 2 is 2.03 bits per heavy atom. The number of nitrogens with zero attached hydrogens (tertiary/aromatic N) is 2. The summed E-state index contributed by atoms with van der Waals surface area (Å²) >= 11 is 3.08. The summed E-state index contributed by atoms with van der Waals surface area (Å²) in [6.45, 7) is 0.637. The van der Waals surface area contributed by atoms with Crippen molar-refractivity contribution >= 4 is 45.9 Å². The van der Waals surface area contributed by atoms with Crippen LogP contribution in [0.5, 0.6) is 5.75 Å². The van der Waals surface area contributed by atoms with Gasteiger partial charge in [0.05, 0.1) is 23.4 Å². The molecule has 29 heavy (non-hydrogen) atoms. The van der Waals surface area contributed by atoms with E-state index in [-0.39, 0.29) is 11.7 Å². The van der Waals surface area contributed by atoms with E-state index in [0.717, 1.165) is 22.2 Å². The van der Waals surface area contributed by atoms with Crippen LogP contribution < -0.4 is 10.1 Å². The van der Waals surface area contributed by atoms with Crippen molar-refractivity contribution in [1.29, 1.82) is 0 Å². The summed E-state index contributed by atoms with van der Waals surface area (Å²) in [6.07, 6.45) is 1.91. The first-order valence-electron chi connectivity index (χ1n) is 8.91. The van der Waals surface area contributed by atoms with Crippen molar-refractivity contribution in [2.75, 3.05) is 24.7 Å². The Morgan fingerprint density at radius 1 is 1.24 bits per heavy atom. The van der Waals surface area contributed by atoms with Gasteiger partial charge in [-0.2, -0.15) is 0 Å². The fourth-order valence-electron chi connectivity index (χ4n) is 2.91. The minimum atomic E-state index is -0.279. The number of anilines is 2. The molecular formula is C21H18FN3O2S2. The van der Waals surface area contributed by atoms with Crippen LogP contribution in [0.25, 0.3) is 6.08 Å². The molecule has 3 aromatic rings. The van der Waals surface area contributed by atoms with Gasteiger partial charge in [-0.3, -0.25) is 4.79 Å². The van der Waals surface area contributed by atoms with Gasteiger partial charge in [0.15, 0.2) is 5.13 Å². The standard InChI is InChI=1S/C21H18FN3O2S2/c1-27-18-5-3-2-4-17(18)20(26)25-10-11-28-19(25)12-16-13-29-21(24-16)23-15-8-6-14(22)7-9-15/h2-9,12-13H,10-11H2,1H3,(H,23,24)/b19-12+. The summed E-state index contributed by atoms with van der Waals surface area (Å²) in [5.74, 6) is 1.03. The third kappa shape index (κ3) is 4.44. The van der Waals surface area contributed by atoms with Gasteiger partial charge in [0, 0.05) is 23.4 Å². The lowest BCUT2D eigenvalue weighted by atomic mass is 10.1. The molecule has 0 unspecified atom stereocenters. The summed E-state index contributed by atoms with van der Waals surface area (Å²) in [4.78, 5) is 19.3. The third-order valence-electron chi connectivity index (χ3n) is 4.30. The highest BCUT2D eigenvalue weighted by molar-refractivity contribution is 8.03. The predicted octanol–water partition coefficient (Wildman–Crippen LogP) is 5.22. The van der Waals surface area contributed by atoms with Crippen molar-refractivity contribution < 1.29 is 13.9 Å². The van der Waals surface area contributed by atoms with Crippen LogP contribution in [0.1, 0.15) is 16.1 Å². The van der Waals surface area contributed by atoms with Gasteiger partial charge in [-0.15, -0.1) is 23.1 Å². The normalized spacial score (nSPS) is 15.0. The number of ether oxygens (including phenoxy) is 1. The van der Waals surface area contributed by atoms with Gasteiger partial charge in [-0.1, -0.05) is 12.1 Å². The number of carbonyl (C=O) groups is 1. The highest BCUT2D eigenvalue weighted by atomic mass is 32.2. The molecule has 148 valence electrons. The maximum Gasteiger partial charge on any atom is 0.262 e. The summed E-state index contributed by atoms with van der Waals surface area (Å²) in [6, 6.07) is 13.4. The minimum Gasteiger partial charge on any atom is -0.496 e. The van der Waals surface area contributed by atoms with Gasteiger partial charge in [0.1, 0.15) is 11.6 Å². The molecule has 8 heteroatoms. The number of halogens is 1. The van der Waals surface area contributed by atoms with E-state index >= 15 is 0 Å². The number of carbonyl (C=O) groups excluding carboxylic acids is 1. The van der Waals surface area contributed by atoms with Gasteiger partial charge < -0.3 is 15.0 Å². The highest BCUT2D eigenvalue weighted by Crippen LogP contribution is 2.33. The average molecular weight is 428 g/mol. The van der Waals surface area contributed by atoms with Gasteiger partial charge in [0.25, 0.3) is 5.91 Å². The van der Waals surface area contributed by atoms with Crippen LogP contribution in [0.4, 0.5) is 15.2 Å². The maximum atomic E-state index is 13.0. The molecule has 2 aromatic carbocycles. The number of nitrogens with one attached hydrogen (secondary N) is 1. The first kappa shape index (κ1) is 19.5. The molecule has 0 saturated carbocycles. The molecule has 1 amide bonds. The van der Waals surface area contributed by atoms with Crippen molar-refractivity contribution in [3.63, 3.8) is 0 Å². The average Bonchev–Trinajstić information content (AvgIpc) is 3.39. The van der Waals surface area contributed by atoms with Gasteiger partial charge in [0.2, 0.25) is 0 Å². The van der Waals surface area contributed by atoms with Crippen molar-refractivity contribution in [3.05, 3.63) is 76.0 Å². The van der Waals surface area contributed by atoms with Crippen molar-refractivity contribution in [2.24, 2.45) is 0 Å². The highest BCUT2D eigenvalue weighted by Gasteiger charge is 2.27. The smallest absolute Gasteiger partial charge is 0.262 e. The Morgan fingerprint density at radius 3 is 2.83 bits per heavy atom. The lowest BCUT2D eigenvalue weighted by Gasteiger charge is -2.18. The second-order valence-corrected chi connectivity index (χ2v) is 8.17. The van der Waals surface area contributed by atoms with E-state index in [4.69, 9.17) is 4.74 Å². The van der Waals surface area contributed by atoms with Crippen molar-refractivity contribution in [1.82, 2.24) is 9.88 Å². The van der Waals surface area contributed by atoms with Gasteiger partial charge in [-0.25, -0.2) is 9.37 Å². The molecule has 0 radical (unpaired) electrons. The molecule has 1 fully saturated rings. The second kappa shape index (κ2) is 8.67. The Balaban J connectivity index is 1.52. The number of methoxy groups -OCH3 is 1. The molecule has 1 aliphatic heterocycles. The summed E-state index contributed by atoms with van der Waals surface area (Å²) in [5, 5.41) is 6.64. The van der Waals surface area contributed by atoms with Crippen molar-refractivity contribution in [3.8, 4) is 5.75 Å². The number of hydrogen-bond acceptors (Lipinski definition) is 6. The van der Waals surface area contributed by atoms with Crippen LogP contribution in [0, 0.1) is 5.82 Å². The van der Waals surface area contributed by atoms with E-state index in [1.165, 1.54) is 23.5 Å². The molecule has 0 atom stereocenters. The second-order valence-electron chi connectivity index (χ2n) is 6.20. The number of rotatable bonds is 5. The number of amides is 1. The van der Waals surface area contributed by atoms with Crippen LogP contribution >= 0.6 is 23.1 Å². The molecule has 2 heterocycles. The number of thioether (sulfide) groups is 1. The SMILES string of the molecule is COc1ccccc1C(=O)N1CCS/C1=C/c1csc(Nc2ccc(F)cc2)n1. The lowest BCUT2D eigenvalue weighted by Crippen LogP contribution is -2.27. The number of thiazole rings is 1.